The molecule has 6 heteroatoms. The van der Waals surface area contributed by atoms with Gasteiger partial charge in [-0.25, -0.2) is 4.98 Å². The monoisotopic (exact) mass is 349 g/mol. The van der Waals surface area contributed by atoms with E-state index >= 15 is 0 Å². The van der Waals surface area contributed by atoms with Crippen LogP contribution in [0, 0.1) is 5.92 Å². The molecule has 0 spiro atoms. The average Bonchev–Trinajstić information content (AvgIpc) is 3.01. The van der Waals surface area contributed by atoms with Crippen LogP contribution in [-0.2, 0) is 16.1 Å². The van der Waals surface area contributed by atoms with E-state index in [1.807, 2.05) is 17.2 Å². The average molecular weight is 350 g/mol. The molecule has 132 valence electrons. The molecule has 0 radical (unpaired) electrons. The van der Waals surface area contributed by atoms with Crippen molar-refractivity contribution in [1.82, 2.24) is 15.2 Å². The summed E-state index contributed by atoms with van der Waals surface area (Å²) in [4.78, 5) is 30.7. The Labute approximate surface area is 147 Å². The van der Waals surface area contributed by atoms with Crippen molar-refractivity contribution in [3.8, 4) is 0 Å². The number of nitrogens with zero attached hydrogens (tertiary/aromatic N) is 2. The zero-order valence-electron chi connectivity index (χ0n) is 14.4. The lowest BCUT2D eigenvalue weighted by Crippen LogP contribution is -2.38. The van der Waals surface area contributed by atoms with Crippen molar-refractivity contribution in [2.24, 2.45) is 5.92 Å². The van der Waals surface area contributed by atoms with Gasteiger partial charge in [-0.05, 0) is 32.1 Å². The molecule has 1 aromatic heterocycles. The molecule has 24 heavy (non-hydrogen) atoms. The number of carbonyl (C=O) groups excluding carboxylic acids is 2. The second kappa shape index (κ2) is 8.10. The predicted molar refractivity (Wildman–Crippen MR) is 94.8 cm³/mol. The van der Waals surface area contributed by atoms with Gasteiger partial charge in [0.2, 0.25) is 11.8 Å². The third kappa shape index (κ3) is 4.15. The van der Waals surface area contributed by atoms with E-state index in [0.29, 0.717) is 18.9 Å². The van der Waals surface area contributed by atoms with Crippen molar-refractivity contribution < 1.29 is 9.59 Å². The third-order valence-corrected chi connectivity index (χ3v) is 6.13. The van der Waals surface area contributed by atoms with Gasteiger partial charge in [-0.2, -0.15) is 0 Å². The molecule has 1 saturated carbocycles. The lowest BCUT2D eigenvalue weighted by molar-refractivity contribution is -0.132. The summed E-state index contributed by atoms with van der Waals surface area (Å²) in [5.74, 6) is 1.01. The van der Waals surface area contributed by atoms with E-state index in [9.17, 15) is 9.59 Å². The first kappa shape index (κ1) is 17.4. The highest BCUT2D eigenvalue weighted by atomic mass is 32.1. The molecule has 1 aromatic rings. The van der Waals surface area contributed by atoms with Gasteiger partial charge in [-0.1, -0.05) is 13.3 Å². The molecule has 1 atom stereocenters. The van der Waals surface area contributed by atoms with Crippen LogP contribution in [0.25, 0.3) is 0 Å². The Kier molecular flexibility index (Phi) is 5.87. The second-order valence-electron chi connectivity index (χ2n) is 6.95. The van der Waals surface area contributed by atoms with Crippen LogP contribution in [0.1, 0.15) is 68.5 Å². The van der Waals surface area contributed by atoms with E-state index in [1.54, 1.807) is 11.3 Å². The molecule has 1 aliphatic carbocycles. The third-order valence-electron chi connectivity index (χ3n) is 5.08. The molecule has 2 amide bonds. The minimum absolute atomic E-state index is 0.171. The van der Waals surface area contributed by atoms with Crippen molar-refractivity contribution >= 4 is 23.2 Å². The first-order valence-corrected chi connectivity index (χ1v) is 10.0. The molecule has 0 bridgehead atoms. The van der Waals surface area contributed by atoms with Crippen molar-refractivity contribution in [3.05, 3.63) is 16.1 Å². The molecular weight excluding hydrogens is 322 g/mol. The van der Waals surface area contributed by atoms with Crippen LogP contribution in [0.15, 0.2) is 5.38 Å². The van der Waals surface area contributed by atoms with Gasteiger partial charge in [0.25, 0.3) is 0 Å². The SMILES string of the molecule is CCCC(=O)N1CCC[C@H](c2nc(CNC(=O)C3CCC3)cs2)C1. The number of thiazole rings is 1. The number of hydrogen-bond donors (Lipinski definition) is 1. The van der Waals surface area contributed by atoms with E-state index in [0.717, 1.165) is 55.9 Å². The Morgan fingerprint density at radius 3 is 2.88 bits per heavy atom. The predicted octanol–water partition coefficient (Wildman–Crippen LogP) is 3.07. The van der Waals surface area contributed by atoms with Gasteiger partial charge < -0.3 is 10.2 Å². The summed E-state index contributed by atoms with van der Waals surface area (Å²) in [6.45, 7) is 4.24. The zero-order chi connectivity index (χ0) is 16.9. The Balaban J connectivity index is 1.52. The Hall–Kier alpha value is -1.43. The van der Waals surface area contributed by atoms with Crippen LogP contribution < -0.4 is 5.32 Å². The van der Waals surface area contributed by atoms with E-state index < -0.39 is 0 Å². The highest BCUT2D eigenvalue weighted by Gasteiger charge is 2.27. The molecule has 5 nitrogen and oxygen atoms in total. The minimum atomic E-state index is 0.171. The largest absolute Gasteiger partial charge is 0.350 e. The molecule has 0 aromatic carbocycles. The number of piperidine rings is 1. The van der Waals surface area contributed by atoms with Crippen LogP contribution in [0.5, 0.6) is 0 Å². The van der Waals surface area contributed by atoms with Gasteiger partial charge in [0.1, 0.15) is 0 Å². The minimum Gasteiger partial charge on any atom is -0.350 e. The van der Waals surface area contributed by atoms with Gasteiger partial charge in [0.05, 0.1) is 17.2 Å². The number of rotatable bonds is 6. The summed E-state index contributed by atoms with van der Waals surface area (Å²) >= 11 is 1.66. The van der Waals surface area contributed by atoms with Crippen molar-refractivity contribution in [2.45, 2.75) is 64.3 Å². The van der Waals surface area contributed by atoms with Crippen LogP contribution in [-0.4, -0.2) is 34.8 Å². The molecule has 1 aliphatic heterocycles. The number of amides is 2. The summed E-state index contributed by atoms with van der Waals surface area (Å²) in [5, 5.41) is 6.15. The number of likely N-dealkylation sites (tertiary alicyclic amines) is 1. The van der Waals surface area contributed by atoms with Crippen LogP contribution >= 0.6 is 11.3 Å². The van der Waals surface area contributed by atoms with E-state index in [2.05, 4.69) is 5.32 Å². The second-order valence-corrected chi connectivity index (χ2v) is 7.84. The Morgan fingerprint density at radius 2 is 2.17 bits per heavy atom. The standard InChI is InChI=1S/C18H27N3O2S/c1-2-5-16(22)21-9-4-8-14(11-21)18-20-15(12-24-18)10-19-17(23)13-6-3-7-13/h12-14H,2-11H2,1H3,(H,19,23)/t14-/m0/s1. The van der Waals surface area contributed by atoms with Crippen LogP contribution in [0.2, 0.25) is 0 Å². The van der Waals surface area contributed by atoms with E-state index in [4.69, 9.17) is 4.98 Å². The zero-order valence-corrected chi connectivity index (χ0v) is 15.2. The molecular formula is C18H27N3O2S. The fraction of sp³-hybridized carbons (Fsp3) is 0.722. The highest BCUT2D eigenvalue weighted by molar-refractivity contribution is 7.09. The van der Waals surface area contributed by atoms with Gasteiger partial charge in [0, 0.05) is 36.7 Å². The van der Waals surface area contributed by atoms with Gasteiger partial charge in [-0.15, -0.1) is 11.3 Å². The molecule has 2 fully saturated rings. The summed E-state index contributed by atoms with van der Waals surface area (Å²) in [5.41, 5.74) is 0.944. The smallest absolute Gasteiger partial charge is 0.223 e. The van der Waals surface area contributed by atoms with Gasteiger partial charge in [0.15, 0.2) is 0 Å². The summed E-state index contributed by atoms with van der Waals surface area (Å²) in [7, 11) is 0. The first-order valence-electron chi connectivity index (χ1n) is 9.17. The fourth-order valence-corrected chi connectivity index (χ4v) is 4.31. The molecule has 2 aliphatic rings. The molecule has 2 heterocycles. The number of hydrogen-bond acceptors (Lipinski definition) is 4. The van der Waals surface area contributed by atoms with Crippen molar-refractivity contribution in [2.75, 3.05) is 13.1 Å². The van der Waals surface area contributed by atoms with E-state index in [-0.39, 0.29) is 17.7 Å². The van der Waals surface area contributed by atoms with Crippen LogP contribution in [0.4, 0.5) is 0 Å². The topological polar surface area (TPSA) is 62.3 Å². The van der Waals surface area contributed by atoms with Gasteiger partial charge >= 0.3 is 0 Å². The lowest BCUT2D eigenvalue weighted by atomic mass is 9.85. The summed E-state index contributed by atoms with van der Waals surface area (Å²) in [6.07, 6.45) is 6.92. The maximum atomic E-state index is 12.1. The maximum Gasteiger partial charge on any atom is 0.223 e. The van der Waals surface area contributed by atoms with Gasteiger partial charge in [-0.3, -0.25) is 9.59 Å². The Bertz CT molecular complexity index is 583. The summed E-state index contributed by atoms with van der Waals surface area (Å²) < 4.78 is 0. The molecule has 1 N–H and O–H groups in total. The lowest BCUT2D eigenvalue weighted by Gasteiger charge is -2.31. The van der Waals surface area contributed by atoms with Crippen LogP contribution in [0.3, 0.4) is 0 Å². The van der Waals surface area contributed by atoms with Crippen molar-refractivity contribution in [3.63, 3.8) is 0 Å². The van der Waals surface area contributed by atoms with Crippen molar-refractivity contribution in [1.29, 1.82) is 0 Å². The summed E-state index contributed by atoms with van der Waals surface area (Å²) in [6, 6.07) is 0. The first-order chi connectivity index (χ1) is 11.7. The number of carbonyl (C=O) groups is 2. The highest BCUT2D eigenvalue weighted by Crippen LogP contribution is 2.30. The molecule has 0 unspecified atom stereocenters. The van der Waals surface area contributed by atoms with E-state index in [1.165, 1.54) is 6.42 Å². The maximum absolute atomic E-state index is 12.1. The normalized spacial score (nSPS) is 21.4. The number of aromatic nitrogens is 1. The molecule has 3 rings (SSSR count). The quantitative estimate of drug-likeness (QED) is 0.858. The Morgan fingerprint density at radius 1 is 1.33 bits per heavy atom. The molecule has 1 saturated heterocycles. The number of nitrogens with one attached hydrogen (secondary N) is 1. The fourth-order valence-electron chi connectivity index (χ4n) is 3.36.